The lowest BCUT2D eigenvalue weighted by Gasteiger charge is -2.36. The Morgan fingerprint density at radius 2 is 1.82 bits per heavy atom. The maximum Gasteiger partial charge on any atom is 0.332 e. The highest BCUT2D eigenvalue weighted by Crippen LogP contribution is 2.35. The molecule has 2 amide bonds. The average Bonchev–Trinajstić information content (AvgIpc) is 3.07. The van der Waals surface area contributed by atoms with Gasteiger partial charge in [-0.3, -0.25) is 0 Å². The van der Waals surface area contributed by atoms with Crippen LogP contribution in [0.3, 0.4) is 0 Å². The minimum absolute atomic E-state index is 0.372. The second kappa shape index (κ2) is 8.72. The molecule has 28 heavy (non-hydrogen) atoms. The number of likely N-dealkylation sites (tertiary alicyclic amines) is 1. The molecule has 1 N–H and O–H groups in total. The Morgan fingerprint density at radius 3 is 2.43 bits per heavy atom. The van der Waals surface area contributed by atoms with Gasteiger partial charge in [-0.05, 0) is 48.7 Å². The molecule has 0 aromatic heterocycles. The predicted molar refractivity (Wildman–Crippen MR) is 114 cm³/mol. The third-order valence-corrected chi connectivity index (χ3v) is 5.79. The Bertz CT molecular complexity index is 871. The molecule has 0 spiro atoms. The van der Waals surface area contributed by atoms with Gasteiger partial charge in [0.1, 0.15) is 5.54 Å². The van der Waals surface area contributed by atoms with E-state index >= 15 is 0 Å². The van der Waals surface area contributed by atoms with Crippen molar-refractivity contribution in [3.8, 4) is 0 Å². The van der Waals surface area contributed by atoms with Crippen LogP contribution in [0.1, 0.15) is 18.4 Å². The molecule has 8 heteroatoms. The molecular formula is C20H19BrCl2N2O3. The molecule has 0 radical (unpaired) electrons. The van der Waals surface area contributed by atoms with Crippen molar-refractivity contribution in [2.24, 2.45) is 0 Å². The van der Waals surface area contributed by atoms with Gasteiger partial charge in [-0.2, -0.15) is 0 Å². The summed E-state index contributed by atoms with van der Waals surface area (Å²) in [7, 11) is 1.34. The van der Waals surface area contributed by atoms with Crippen LogP contribution in [0.15, 0.2) is 46.9 Å². The molecule has 5 nitrogen and oxygen atoms in total. The molecule has 1 heterocycles. The number of anilines is 1. The van der Waals surface area contributed by atoms with Crippen LogP contribution in [0, 0.1) is 0 Å². The Labute approximate surface area is 182 Å². The van der Waals surface area contributed by atoms with Crippen LogP contribution in [-0.4, -0.2) is 36.1 Å². The number of nitrogens with one attached hydrogen (secondary N) is 1. The summed E-state index contributed by atoms with van der Waals surface area (Å²) >= 11 is 15.4. The number of halogens is 3. The van der Waals surface area contributed by atoms with Crippen molar-refractivity contribution in [3.63, 3.8) is 0 Å². The molecule has 2 aromatic carbocycles. The number of methoxy groups -OCH3 is 1. The summed E-state index contributed by atoms with van der Waals surface area (Å²) in [4.78, 5) is 27.4. The summed E-state index contributed by atoms with van der Waals surface area (Å²) in [6.07, 6.45) is 1.60. The fourth-order valence-corrected chi connectivity index (χ4v) is 4.38. The van der Waals surface area contributed by atoms with Crippen LogP contribution in [0.2, 0.25) is 10.0 Å². The van der Waals surface area contributed by atoms with Crippen LogP contribution in [-0.2, 0) is 16.0 Å². The lowest BCUT2D eigenvalue weighted by Crippen LogP contribution is -2.56. The highest BCUT2D eigenvalue weighted by molar-refractivity contribution is 9.10. The van der Waals surface area contributed by atoms with Gasteiger partial charge in [0.15, 0.2) is 0 Å². The summed E-state index contributed by atoms with van der Waals surface area (Å²) in [5.74, 6) is -0.424. The quantitative estimate of drug-likeness (QED) is 0.578. The molecule has 3 rings (SSSR count). The highest BCUT2D eigenvalue weighted by atomic mass is 79.9. The van der Waals surface area contributed by atoms with Crippen LogP contribution in [0.4, 0.5) is 10.5 Å². The first-order valence-corrected chi connectivity index (χ1v) is 10.3. The van der Waals surface area contributed by atoms with Crippen molar-refractivity contribution >= 4 is 56.8 Å². The maximum absolute atomic E-state index is 13.0. The van der Waals surface area contributed by atoms with Crippen molar-refractivity contribution in [3.05, 3.63) is 62.5 Å². The standard InChI is InChI=1S/C20H19BrCl2N2O3/c1-28-18(26)20(12-13-3-5-14(21)6-4-13)7-2-8-25(20)19(27)24-17-10-15(22)9-16(23)11-17/h3-6,9-11H,2,7-8,12H2,1H3,(H,24,27)/t20-/m1/s1. The van der Waals surface area contributed by atoms with Gasteiger partial charge in [-0.15, -0.1) is 0 Å². The Morgan fingerprint density at radius 1 is 1.18 bits per heavy atom. The molecule has 0 aliphatic carbocycles. The minimum Gasteiger partial charge on any atom is -0.467 e. The molecule has 1 aliphatic rings. The minimum atomic E-state index is -1.06. The lowest BCUT2D eigenvalue weighted by atomic mass is 9.88. The third kappa shape index (κ3) is 4.45. The second-order valence-electron chi connectivity index (χ2n) is 6.67. The van der Waals surface area contributed by atoms with E-state index in [-0.39, 0.29) is 0 Å². The van der Waals surface area contributed by atoms with E-state index in [0.29, 0.717) is 41.5 Å². The fourth-order valence-electron chi connectivity index (χ4n) is 3.59. The number of nitrogens with zero attached hydrogens (tertiary/aromatic N) is 1. The summed E-state index contributed by atoms with van der Waals surface area (Å²) < 4.78 is 6.04. The van der Waals surface area contributed by atoms with Crippen molar-refractivity contribution < 1.29 is 14.3 Å². The zero-order chi connectivity index (χ0) is 20.3. The van der Waals surface area contributed by atoms with Gasteiger partial charge >= 0.3 is 12.0 Å². The number of esters is 1. The van der Waals surface area contributed by atoms with Gasteiger partial charge < -0.3 is 15.0 Å². The number of carbonyl (C=O) groups excluding carboxylic acids is 2. The zero-order valence-electron chi connectivity index (χ0n) is 15.2. The number of amides is 2. The number of benzene rings is 2. The topological polar surface area (TPSA) is 58.6 Å². The number of carbonyl (C=O) groups is 2. The predicted octanol–water partition coefficient (Wildman–Crippen LogP) is 5.54. The van der Waals surface area contributed by atoms with Crippen LogP contribution in [0.25, 0.3) is 0 Å². The van der Waals surface area contributed by atoms with Crippen molar-refractivity contribution in [2.45, 2.75) is 24.8 Å². The van der Waals surface area contributed by atoms with Gasteiger partial charge in [-0.1, -0.05) is 51.3 Å². The summed E-state index contributed by atoms with van der Waals surface area (Å²) in [5.41, 5.74) is 0.352. The van der Waals surface area contributed by atoms with E-state index in [0.717, 1.165) is 10.0 Å². The Balaban J connectivity index is 1.89. The first kappa shape index (κ1) is 21.0. The largest absolute Gasteiger partial charge is 0.467 e. The summed E-state index contributed by atoms with van der Waals surface area (Å²) in [5, 5.41) is 3.63. The van der Waals surface area contributed by atoms with E-state index in [9.17, 15) is 9.59 Å². The van der Waals surface area contributed by atoms with Crippen LogP contribution < -0.4 is 5.32 Å². The second-order valence-corrected chi connectivity index (χ2v) is 8.46. The van der Waals surface area contributed by atoms with E-state index < -0.39 is 17.5 Å². The number of rotatable bonds is 4. The molecule has 1 saturated heterocycles. The fraction of sp³-hybridized carbons (Fsp3) is 0.300. The normalized spacial score (nSPS) is 18.8. The van der Waals surface area contributed by atoms with E-state index in [1.54, 1.807) is 23.1 Å². The van der Waals surface area contributed by atoms with Gasteiger partial charge in [-0.25, -0.2) is 9.59 Å². The van der Waals surface area contributed by atoms with Gasteiger partial charge in [0.2, 0.25) is 0 Å². The molecular weight excluding hydrogens is 467 g/mol. The molecule has 0 saturated carbocycles. The number of urea groups is 1. The SMILES string of the molecule is COC(=O)[C@]1(Cc2ccc(Br)cc2)CCCN1C(=O)Nc1cc(Cl)cc(Cl)c1. The number of hydrogen-bond acceptors (Lipinski definition) is 3. The summed E-state index contributed by atoms with van der Waals surface area (Å²) in [6.45, 7) is 0.450. The monoisotopic (exact) mass is 484 g/mol. The van der Waals surface area contributed by atoms with Crippen LogP contribution in [0.5, 0.6) is 0 Å². The number of hydrogen-bond donors (Lipinski definition) is 1. The Kier molecular flexibility index (Phi) is 6.53. The number of ether oxygens (including phenoxy) is 1. The van der Waals surface area contributed by atoms with Crippen molar-refractivity contribution in [2.75, 3.05) is 19.0 Å². The first-order chi connectivity index (χ1) is 13.3. The molecule has 2 aromatic rings. The maximum atomic E-state index is 13.0. The van der Waals surface area contributed by atoms with Crippen molar-refractivity contribution in [1.29, 1.82) is 0 Å². The molecule has 1 aliphatic heterocycles. The first-order valence-electron chi connectivity index (χ1n) is 8.72. The van der Waals surface area contributed by atoms with Gasteiger partial charge in [0, 0.05) is 33.2 Å². The van der Waals surface area contributed by atoms with E-state index in [2.05, 4.69) is 21.2 Å². The molecule has 1 fully saturated rings. The molecule has 0 bridgehead atoms. The third-order valence-electron chi connectivity index (χ3n) is 4.82. The van der Waals surface area contributed by atoms with Crippen LogP contribution >= 0.6 is 39.1 Å². The molecule has 0 unspecified atom stereocenters. The van der Waals surface area contributed by atoms with Gasteiger partial charge in [0.25, 0.3) is 0 Å². The molecule has 148 valence electrons. The smallest absolute Gasteiger partial charge is 0.332 e. The zero-order valence-corrected chi connectivity index (χ0v) is 18.3. The van der Waals surface area contributed by atoms with Crippen molar-refractivity contribution in [1.82, 2.24) is 4.90 Å². The summed E-state index contributed by atoms with van der Waals surface area (Å²) in [6, 6.07) is 12.1. The van der Waals surface area contributed by atoms with E-state index in [1.165, 1.54) is 7.11 Å². The molecule has 1 atom stereocenters. The average molecular weight is 486 g/mol. The highest BCUT2D eigenvalue weighted by Gasteiger charge is 2.50. The van der Waals surface area contributed by atoms with Gasteiger partial charge in [0.05, 0.1) is 7.11 Å². The Hall–Kier alpha value is -1.76. The van der Waals surface area contributed by atoms with E-state index in [1.807, 2.05) is 24.3 Å². The van der Waals surface area contributed by atoms with E-state index in [4.69, 9.17) is 27.9 Å². The lowest BCUT2D eigenvalue weighted by molar-refractivity contribution is -0.151.